The van der Waals surface area contributed by atoms with E-state index >= 15 is 0 Å². The molecule has 0 spiro atoms. The number of hydrogen-bond donors (Lipinski definition) is 0. The van der Waals surface area contributed by atoms with Gasteiger partial charge in [0, 0.05) is 15.8 Å². The summed E-state index contributed by atoms with van der Waals surface area (Å²) in [7, 11) is 0. The summed E-state index contributed by atoms with van der Waals surface area (Å²) in [6, 6.07) is 1.92. The third-order valence-electron chi connectivity index (χ3n) is 1.65. The van der Waals surface area contributed by atoms with E-state index in [2.05, 4.69) is 15.9 Å². The van der Waals surface area contributed by atoms with Crippen molar-refractivity contribution in [3.8, 4) is 0 Å². The molecular weight excluding hydrogens is 260 g/mol. The highest BCUT2D eigenvalue weighted by molar-refractivity contribution is 9.10. The average molecular weight is 266 g/mol. The van der Waals surface area contributed by atoms with Crippen molar-refractivity contribution in [3.63, 3.8) is 0 Å². The van der Waals surface area contributed by atoms with E-state index in [9.17, 15) is 18.9 Å². The van der Waals surface area contributed by atoms with Gasteiger partial charge >= 0.3 is 0 Å². The summed E-state index contributed by atoms with van der Waals surface area (Å²) in [4.78, 5) is 9.55. The molecule has 3 nitrogen and oxygen atoms in total. The van der Waals surface area contributed by atoms with Crippen molar-refractivity contribution in [1.82, 2.24) is 0 Å². The largest absolute Gasteiger partial charge is 0.265 e. The van der Waals surface area contributed by atoms with Crippen LogP contribution in [0.4, 0.5) is 8.78 Å². The van der Waals surface area contributed by atoms with Crippen LogP contribution in [0.1, 0.15) is 5.56 Å². The maximum atomic E-state index is 12.7. The van der Waals surface area contributed by atoms with Crippen molar-refractivity contribution in [2.24, 2.45) is 0 Å². The molecule has 6 heteroatoms. The van der Waals surface area contributed by atoms with Gasteiger partial charge in [-0.25, -0.2) is 8.78 Å². The van der Waals surface area contributed by atoms with E-state index in [0.717, 1.165) is 12.1 Å². The molecule has 0 saturated heterocycles. The lowest BCUT2D eigenvalue weighted by atomic mass is 10.1. The lowest BCUT2D eigenvalue weighted by Crippen LogP contribution is -2.05. The zero-order chi connectivity index (χ0) is 10.7. The lowest BCUT2D eigenvalue weighted by molar-refractivity contribution is -0.479. The smallest absolute Gasteiger partial charge is 0.207 e. The minimum Gasteiger partial charge on any atom is -0.265 e. The molecule has 0 heterocycles. The monoisotopic (exact) mass is 265 g/mol. The summed E-state index contributed by atoms with van der Waals surface area (Å²) in [5.41, 5.74) is 0.389. The Bertz CT molecular complexity index is 371. The fraction of sp³-hybridized carbons (Fsp3) is 0.250. The number of rotatable bonds is 3. The summed E-state index contributed by atoms with van der Waals surface area (Å²) in [6.07, 6.45) is 0.0742. The maximum Gasteiger partial charge on any atom is 0.207 e. The molecule has 0 aromatic heterocycles. The highest BCUT2D eigenvalue weighted by atomic mass is 79.9. The quantitative estimate of drug-likeness (QED) is 0.479. The third-order valence-corrected chi connectivity index (χ3v) is 2.39. The Morgan fingerprint density at radius 1 is 1.36 bits per heavy atom. The molecule has 0 unspecified atom stereocenters. The van der Waals surface area contributed by atoms with E-state index in [4.69, 9.17) is 0 Å². The number of halogens is 3. The minimum absolute atomic E-state index is 0.0742. The van der Waals surface area contributed by atoms with Crippen LogP contribution in [-0.2, 0) is 6.42 Å². The van der Waals surface area contributed by atoms with Crippen LogP contribution in [0.2, 0.25) is 0 Å². The molecule has 0 aliphatic carbocycles. The second-order valence-corrected chi connectivity index (χ2v) is 3.52. The third kappa shape index (κ3) is 2.73. The Morgan fingerprint density at radius 2 is 1.93 bits per heavy atom. The van der Waals surface area contributed by atoms with Gasteiger partial charge in [-0.05, 0) is 17.7 Å². The molecule has 1 aromatic rings. The van der Waals surface area contributed by atoms with Crippen LogP contribution in [0.25, 0.3) is 0 Å². The Hall–Kier alpha value is -1.04. The van der Waals surface area contributed by atoms with Crippen molar-refractivity contribution in [2.45, 2.75) is 6.42 Å². The summed E-state index contributed by atoms with van der Waals surface area (Å²) >= 11 is 3.00. The topological polar surface area (TPSA) is 43.1 Å². The SMILES string of the molecule is O=[N+]([O-])CCc1cc(F)c(F)cc1Br. The zero-order valence-corrected chi connectivity index (χ0v) is 8.55. The highest BCUT2D eigenvalue weighted by Crippen LogP contribution is 2.20. The van der Waals surface area contributed by atoms with Gasteiger partial charge in [-0.15, -0.1) is 0 Å². The standard InChI is InChI=1S/C8H6BrF2NO2/c9-6-4-8(11)7(10)3-5(6)1-2-12(13)14/h3-4H,1-2H2. The van der Waals surface area contributed by atoms with Gasteiger partial charge < -0.3 is 0 Å². The molecular formula is C8H6BrF2NO2. The molecule has 0 atom stereocenters. The predicted octanol–water partition coefficient (Wildman–Crippen LogP) is 2.55. The molecule has 14 heavy (non-hydrogen) atoms. The van der Waals surface area contributed by atoms with Crippen molar-refractivity contribution < 1.29 is 13.7 Å². The molecule has 0 fully saturated rings. The molecule has 1 rings (SSSR count). The maximum absolute atomic E-state index is 12.7. The van der Waals surface area contributed by atoms with E-state index in [1.807, 2.05) is 0 Å². The molecule has 0 amide bonds. The van der Waals surface area contributed by atoms with Gasteiger partial charge in [-0.3, -0.25) is 10.1 Å². The fourth-order valence-corrected chi connectivity index (χ4v) is 1.48. The fourth-order valence-electron chi connectivity index (χ4n) is 0.967. The Balaban J connectivity index is 2.87. The molecule has 0 aliphatic heterocycles. The van der Waals surface area contributed by atoms with Crippen molar-refractivity contribution >= 4 is 15.9 Å². The van der Waals surface area contributed by atoms with Gasteiger partial charge in [-0.2, -0.15) is 0 Å². The van der Waals surface area contributed by atoms with E-state index in [1.54, 1.807) is 0 Å². The summed E-state index contributed by atoms with van der Waals surface area (Å²) in [5.74, 6) is -1.96. The van der Waals surface area contributed by atoms with Crippen LogP contribution in [-0.4, -0.2) is 11.5 Å². The lowest BCUT2D eigenvalue weighted by Gasteiger charge is -2.02. The van der Waals surface area contributed by atoms with Gasteiger partial charge in [0.25, 0.3) is 0 Å². The Morgan fingerprint density at radius 3 is 2.50 bits per heavy atom. The first-order valence-corrected chi connectivity index (χ1v) is 4.55. The number of nitrogens with zero attached hydrogens (tertiary/aromatic N) is 1. The summed E-state index contributed by atoms with van der Waals surface area (Å²) in [5, 5.41) is 10.1. The number of nitro groups is 1. The molecule has 0 aliphatic rings. The van der Waals surface area contributed by atoms with Gasteiger partial charge in [0.1, 0.15) is 0 Å². The zero-order valence-electron chi connectivity index (χ0n) is 6.97. The highest BCUT2D eigenvalue weighted by Gasteiger charge is 2.09. The molecule has 1 aromatic carbocycles. The van der Waals surface area contributed by atoms with Crippen molar-refractivity contribution in [3.05, 3.63) is 43.9 Å². The van der Waals surface area contributed by atoms with E-state index < -0.39 is 16.6 Å². The van der Waals surface area contributed by atoms with Gasteiger partial charge in [-0.1, -0.05) is 15.9 Å². The van der Waals surface area contributed by atoms with Gasteiger partial charge in [0.2, 0.25) is 6.54 Å². The van der Waals surface area contributed by atoms with Gasteiger partial charge in [0.05, 0.1) is 0 Å². The summed E-state index contributed by atoms with van der Waals surface area (Å²) < 4.78 is 25.7. The van der Waals surface area contributed by atoms with Crippen molar-refractivity contribution in [2.75, 3.05) is 6.54 Å². The van der Waals surface area contributed by atoms with Crippen LogP contribution in [0.3, 0.4) is 0 Å². The van der Waals surface area contributed by atoms with E-state index in [0.29, 0.717) is 10.0 Å². The van der Waals surface area contributed by atoms with Crippen LogP contribution in [0, 0.1) is 21.7 Å². The average Bonchev–Trinajstić information content (AvgIpc) is 2.09. The molecule has 0 N–H and O–H groups in total. The van der Waals surface area contributed by atoms with Crippen LogP contribution >= 0.6 is 15.9 Å². The summed E-state index contributed by atoms with van der Waals surface area (Å²) in [6.45, 7) is -0.302. The molecule has 0 saturated carbocycles. The van der Waals surface area contributed by atoms with Crippen molar-refractivity contribution in [1.29, 1.82) is 0 Å². The predicted molar refractivity (Wildman–Crippen MR) is 49.6 cm³/mol. The Kier molecular flexibility index (Phi) is 3.51. The Labute approximate surface area is 87.0 Å². The van der Waals surface area contributed by atoms with Crippen LogP contribution in [0.15, 0.2) is 16.6 Å². The minimum atomic E-state index is -0.994. The molecule has 0 radical (unpaired) electrons. The van der Waals surface area contributed by atoms with Gasteiger partial charge in [0.15, 0.2) is 11.6 Å². The number of hydrogen-bond acceptors (Lipinski definition) is 2. The molecule has 0 bridgehead atoms. The van der Waals surface area contributed by atoms with E-state index in [1.165, 1.54) is 0 Å². The normalized spacial score (nSPS) is 10.2. The first kappa shape index (κ1) is 11.0. The van der Waals surface area contributed by atoms with E-state index in [-0.39, 0.29) is 13.0 Å². The first-order valence-electron chi connectivity index (χ1n) is 3.76. The van der Waals surface area contributed by atoms with Crippen LogP contribution < -0.4 is 0 Å². The molecule has 76 valence electrons. The second-order valence-electron chi connectivity index (χ2n) is 2.66. The second kappa shape index (κ2) is 4.45. The number of benzene rings is 1. The van der Waals surface area contributed by atoms with Crippen LogP contribution in [0.5, 0.6) is 0 Å². The first-order chi connectivity index (χ1) is 6.50.